The zero-order valence-electron chi connectivity index (χ0n) is 8.37. The van der Waals surface area contributed by atoms with Gasteiger partial charge in [-0.2, -0.15) is 0 Å². The monoisotopic (exact) mass is 210 g/mol. The van der Waals surface area contributed by atoms with E-state index in [2.05, 4.69) is 12.1 Å². The van der Waals surface area contributed by atoms with Gasteiger partial charge in [0.1, 0.15) is 5.75 Å². The van der Waals surface area contributed by atoms with Crippen LogP contribution in [0.3, 0.4) is 0 Å². The second kappa shape index (κ2) is 4.22. The summed E-state index contributed by atoms with van der Waals surface area (Å²) in [7, 11) is 1.69. The van der Waals surface area contributed by atoms with E-state index in [4.69, 9.17) is 16.3 Å². The van der Waals surface area contributed by atoms with Crippen molar-refractivity contribution in [3.05, 3.63) is 29.8 Å². The van der Waals surface area contributed by atoms with Crippen molar-refractivity contribution in [3.8, 4) is 5.75 Å². The van der Waals surface area contributed by atoms with Crippen molar-refractivity contribution in [1.29, 1.82) is 0 Å². The third-order valence-corrected chi connectivity index (χ3v) is 3.21. The lowest BCUT2D eigenvalue weighted by atomic mass is 10.1. The van der Waals surface area contributed by atoms with Crippen LogP contribution in [0.2, 0.25) is 0 Å². The predicted octanol–water partition coefficient (Wildman–Crippen LogP) is 3.26. The zero-order valence-corrected chi connectivity index (χ0v) is 9.13. The molecule has 2 heteroatoms. The second-order valence-corrected chi connectivity index (χ2v) is 4.47. The highest BCUT2D eigenvalue weighted by molar-refractivity contribution is 6.21. The van der Waals surface area contributed by atoms with Gasteiger partial charge in [0, 0.05) is 5.38 Å². The molecule has 76 valence electrons. The first-order valence-corrected chi connectivity index (χ1v) is 5.50. The molecule has 1 unspecified atom stereocenters. The molecule has 1 atom stereocenters. The summed E-state index contributed by atoms with van der Waals surface area (Å²) in [6.07, 6.45) is 3.57. The molecule has 0 aliphatic heterocycles. The van der Waals surface area contributed by atoms with Crippen LogP contribution in [0.4, 0.5) is 0 Å². The molecular weight excluding hydrogens is 196 g/mol. The Kier molecular flexibility index (Phi) is 2.97. The largest absolute Gasteiger partial charge is 0.497 e. The number of halogens is 1. The van der Waals surface area contributed by atoms with Gasteiger partial charge >= 0.3 is 0 Å². The van der Waals surface area contributed by atoms with Gasteiger partial charge in [-0.25, -0.2) is 0 Å². The van der Waals surface area contributed by atoms with Crippen LogP contribution in [-0.4, -0.2) is 12.5 Å². The second-order valence-electron chi connectivity index (χ2n) is 3.91. The van der Waals surface area contributed by atoms with E-state index < -0.39 is 0 Å². The molecule has 1 aromatic carbocycles. The molecule has 1 aliphatic carbocycles. The molecular formula is C12H15ClO. The fraction of sp³-hybridized carbons (Fsp3) is 0.500. The fourth-order valence-electron chi connectivity index (χ4n) is 1.65. The number of benzene rings is 1. The standard InChI is InChI=1S/C12H15ClO/c1-14-11-4-2-3-9(7-11)8-12(13)10-5-6-10/h2-4,7,10,12H,5-6,8H2,1H3. The van der Waals surface area contributed by atoms with Gasteiger partial charge in [-0.15, -0.1) is 11.6 Å². The highest BCUT2D eigenvalue weighted by atomic mass is 35.5. The van der Waals surface area contributed by atoms with Crippen molar-refractivity contribution >= 4 is 11.6 Å². The van der Waals surface area contributed by atoms with E-state index in [1.54, 1.807) is 7.11 Å². The van der Waals surface area contributed by atoms with Crippen LogP contribution < -0.4 is 4.74 Å². The van der Waals surface area contributed by atoms with Crippen molar-refractivity contribution in [1.82, 2.24) is 0 Å². The first-order chi connectivity index (χ1) is 6.79. The van der Waals surface area contributed by atoms with E-state index in [1.807, 2.05) is 12.1 Å². The molecule has 0 N–H and O–H groups in total. The van der Waals surface area contributed by atoms with Gasteiger partial charge in [0.05, 0.1) is 7.11 Å². The summed E-state index contributed by atoms with van der Waals surface area (Å²) < 4.78 is 5.17. The molecule has 0 saturated heterocycles. The van der Waals surface area contributed by atoms with E-state index in [-0.39, 0.29) is 0 Å². The first-order valence-electron chi connectivity index (χ1n) is 5.06. The van der Waals surface area contributed by atoms with E-state index in [0.717, 1.165) is 18.1 Å². The van der Waals surface area contributed by atoms with E-state index >= 15 is 0 Å². The summed E-state index contributed by atoms with van der Waals surface area (Å²) in [6.45, 7) is 0. The van der Waals surface area contributed by atoms with Crippen molar-refractivity contribution < 1.29 is 4.74 Å². The normalized spacial score (nSPS) is 17.9. The van der Waals surface area contributed by atoms with Crippen LogP contribution >= 0.6 is 11.6 Å². The lowest BCUT2D eigenvalue weighted by Gasteiger charge is -2.08. The number of ether oxygens (including phenoxy) is 1. The van der Waals surface area contributed by atoms with Gasteiger partial charge in [0.2, 0.25) is 0 Å². The minimum Gasteiger partial charge on any atom is -0.497 e. The number of hydrogen-bond donors (Lipinski definition) is 0. The summed E-state index contributed by atoms with van der Waals surface area (Å²) in [5, 5.41) is 0.308. The van der Waals surface area contributed by atoms with Gasteiger partial charge in [-0.05, 0) is 42.9 Å². The van der Waals surface area contributed by atoms with Gasteiger partial charge in [0.15, 0.2) is 0 Å². The van der Waals surface area contributed by atoms with E-state index in [9.17, 15) is 0 Å². The highest BCUT2D eigenvalue weighted by Gasteiger charge is 2.29. The topological polar surface area (TPSA) is 9.23 Å². The Morgan fingerprint density at radius 3 is 2.93 bits per heavy atom. The molecule has 0 radical (unpaired) electrons. The van der Waals surface area contributed by atoms with Crippen molar-refractivity contribution in [3.63, 3.8) is 0 Å². The maximum absolute atomic E-state index is 6.27. The highest BCUT2D eigenvalue weighted by Crippen LogP contribution is 2.37. The molecule has 0 amide bonds. The summed E-state index contributed by atoms with van der Waals surface area (Å²) in [6, 6.07) is 8.16. The average molecular weight is 211 g/mol. The predicted molar refractivity (Wildman–Crippen MR) is 59.1 cm³/mol. The third kappa shape index (κ3) is 2.42. The van der Waals surface area contributed by atoms with Crippen molar-refractivity contribution in [2.24, 2.45) is 5.92 Å². The summed E-state index contributed by atoms with van der Waals surface area (Å²) in [5.74, 6) is 1.67. The Balaban J connectivity index is 2.00. The van der Waals surface area contributed by atoms with Crippen LogP contribution in [0.1, 0.15) is 18.4 Å². The van der Waals surface area contributed by atoms with Crippen LogP contribution in [-0.2, 0) is 6.42 Å². The van der Waals surface area contributed by atoms with E-state index in [1.165, 1.54) is 18.4 Å². The zero-order chi connectivity index (χ0) is 9.97. The van der Waals surface area contributed by atoms with E-state index in [0.29, 0.717) is 5.38 Å². The molecule has 2 rings (SSSR count). The lowest BCUT2D eigenvalue weighted by Crippen LogP contribution is -2.05. The number of hydrogen-bond acceptors (Lipinski definition) is 1. The summed E-state index contributed by atoms with van der Waals surface area (Å²) in [4.78, 5) is 0. The minimum atomic E-state index is 0.308. The quantitative estimate of drug-likeness (QED) is 0.694. The molecule has 1 saturated carbocycles. The Bertz CT molecular complexity index is 307. The maximum atomic E-state index is 6.27. The molecule has 1 aromatic rings. The van der Waals surface area contributed by atoms with Crippen LogP contribution in [0.5, 0.6) is 5.75 Å². The molecule has 0 aromatic heterocycles. The molecule has 1 nitrogen and oxygen atoms in total. The smallest absolute Gasteiger partial charge is 0.119 e. The Morgan fingerprint density at radius 1 is 1.50 bits per heavy atom. The minimum absolute atomic E-state index is 0.308. The van der Waals surface area contributed by atoms with Gasteiger partial charge < -0.3 is 4.74 Å². The SMILES string of the molecule is COc1cccc(CC(Cl)C2CC2)c1. The van der Waals surface area contributed by atoms with Gasteiger partial charge in [-0.3, -0.25) is 0 Å². The molecule has 0 heterocycles. The molecule has 0 bridgehead atoms. The van der Waals surface area contributed by atoms with Crippen molar-refractivity contribution in [2.45, 2.75) is 24.6 Å². The Hall–Kier alpha value is -0.690. The first kappa shape index (κ1) is 9.85. The Labute approximate surface area is 90.0 Å². The van der Waals surface area contributed by atoms with Crippen LogP contribution in [0.25, 0.3) is 0 Å². The number of methoxy groups -OCH3 is 1. The maximum Gasteiger partial charge on any atom is 0.119 e. The van der Waals surface area contributed by atoms with Crippen molar-refractivity contribution in [2.75, 3.05) is 7.11 Å². The molecule has 14 heavy (non-hydrogen) atoms. The Morgan fingerprint density at radius 2 is 2.29 bits per heavy atom. The van der Waals surface area contributed by atoms with Gasteiger partial charge in [0.25, 0.3) is 0 Å². The lowest BCUT2D eigenvalue weighted by molar-refractivity contribution is 0.414. The number of alkyl halides is 1. The average Bonchev–Trinajstić information content (AvgIpc) is 3.01. The fourth-order valence-corrected chi connectivity index (χ4v) is 2.08. The summed E-state index contributed by atoms with van der Waals surface area (Å²) in [5.41, 5.74) is 1.27. The van der Waals surface area contributed by atoms with Crippen LogP contribution in [0.15, 0.2) is 24.3 Å². The van der Waals surface area contributed by atoms with Gasteiger partial charge in [-0.1, -0.05) is 12.1 Å². The molecule has 0 spiro atoms. The molecule has 1 aliphatic rings. The summed E-state index contributed by atoms with van der Waals surface area (Å²) >= 11 is 6.27. The van der Waals surface area contributed by atoms with Crippen LogP contribution in [0, 0.1) is 5.92 Å². The third-order valence-electron chi connectivity index (χ3n) is 2.70. The molecule has 1 fully saturated rings. The number of rotatable bonds is 4.